The molecule has 0 radical (unpaired) electrons. The third kappa shape index (κ3) is 4.30. The van der Waals surface area contributed by atoms with E-state index in [1.807, 2.05) is 24.3 Å². The van der Waals surface area contributed by atoms with E-state index in [1.54, 1.807) is 6.92 Å². The molecule has 7 nitrogen and oxygen atoms in total. The van der Waals surface area contributed by atoms with E-state index in [0.717, 1.165) is 11.1 Å². The second-order valence-electron chi connectivity index (χ2n) is 8.24. The molecule has 1 aromatic carbocycles. The molecule has 3 rings (SSSR count). The number of aromatic nitrogens is 4. The zero-order chi connectivity index (χ0) is 23.1. The highest BCUT2D eigenvalue weighted by molar-refractivity contribution is 5.84. The van der Waals surface area contributed by atoms with E-state index < -0.39 is 24.0 Å². The van der Waals surface area contributed by atoms with Crippen molar-refractivity contribution >= 4 is 11.0 Å². The van der Waals surface area contributed by atoms with Gasteiger partial charge in [0.15, 0.2) is 11.8 Å². The lowest BCUT2D eigenvalue weighted by atomic mass is 9.86. The summed E-state index contributed by atoms with van der Waals surface area (Å²) in [5, 5.41) is 13.9. The molecule has 0 aliphatic heterocycles. The lowest BCUT2D eigenvalue weighted by Crippen LogP contribution is -2.21. The number of hydrogen-bond donors (Lipinski definition) is 1. The molecule has 0 saturated heterocycles. The van der Waals surface area contributed by atoms with Crippen LogP contribution in [0, 0.1) is 0 Å². The highest BCUT2D eigenvalue weighted by Gasteiger charge is 2.43. The molecule has 10 heteroatoms. The molecule has 3 aromatic rings. The number of rotatable bonds is 5. The Labute approximate surface area is 177 Å². The van der Waals surface area contributed by atoms with Crippen LogP contribution in [0.2, 0.25) is 0 Å². The van der Waals surface area contributed by atoms with Gasteiger partial charge in [-0.05, 0) is 23.5 Å². The number of alkyl halides is 3. The van der Waals surface area contributed by atoms with Crippen molar-refractivity contribution in [1.29, 1.82) is 0 Å². The van der Waals surface area contributed by atoms with E-state index in [-0.39, 0.29) is 28.3 Å². The minimum atomic E-state index is -4.92. The Kier molecular flexibility index (Phi) is 5.88. The molecule has 31 heavy (non-hydrogen) atoms. The van der Waals surface area contributed by atoms with Gasteiger partial charge in [0.2, 0.25) is 5.88 Å². The first-order valence-electron chi connectivity index (χ1n) is 9.61. The van der Waals surface area contributed by atoms with Gasteiger partial charge >= 0.3 is 12.2 Å². The SMILES string of the molecule is COc1nc(OC)c2c(C(O)C(F)(F)F)nn(C(C)c3ccc(C(C)(C)C)cc3)c2n1. The molecular formula is C21H25F3N4O3. The van der Waals surface area contributed by atoms with Crippen molar-refractivity contribution in [1.82, 2.24) is 19.7 Å². The molecule has 0 amide bonds. The third-order valence-electron chi connectivity index (χ3n) is 5.10. The largest absolute Gasteiger partial charge is 0.480 e. The Morgan fingerprint density at radius 2 is 1.61 bits per heavy atom. The van der Waals surface area contributed by atoms with Gasteiger partial charge in [0.05, 0.1) is 20.3 Å². The van der Waals surface area contributed by atoms with Gasteiger partial charge in [0.1, 0.15) is 11.1 Å². The summed E-state index contributed by atoms with van der Waals surface area (Å²) in [4.78, 5) is 8.16. The summed E-state index contributed by atoms with van der Waals surface area (Å²) in [6, 6.07) is 7.16. The maximum Gasteiger partial charge on any atom is 0.420 e. The van der Waals surface area contributed by atoms with E-state index in [9.17, 15) is 18.3 Å². The maximum atomic E-state index is 13.3. The summed E-state index contributed by atoms with van der Waals surface area (Å²) in [7, 11) is 2.60. The van der Waals surface area contributed by atoms with Crippen molar-refractivity contribution < 1.29 is 27.8 Å². The average molecular weight is 438 g/mol. The topological polar surface area (TPSA) is 82.3 Å². The van der Waals surface area contributed by atoms with Crippen molar-refractivity contribution in [2.24, 2.45) is 0 Å². The number of methoxy groups -OCH3 is 2. The predicted octanol–water partition coefficient (Wildman–Crippen LogP) is 4.35. The zero-order valence-corrected chi connectivity index (χ0v) is 18.2. The van der Waals surface area contributed by atoms with Crippen LogP contribution in [-0.2, 0) is 5.41 Å². The number of aliphatic hydroxyl groups excluding tert-OH is 1. The Hall–Kier alpha value is -2.88. The first kappa shape index (κ1) is 22.8. The molecule has 2 aromatic heterocycles. The molecule has 0 spiro atoms. The van der Waals surface area contributed by atoms with Crippen LogP contribution in [0.4, 0.5) is 13.2 Å². The Bertz CT molecular complexity index is 1070. The average Bonchev–Trinajstić information content (AvgIpc) is 3.10. The van der Waals surface area contributed by atoms with Crippen molar-refractivity contribution in [2.75, 3.05) is 14.2 Å². The van der Waals surface area contributed by atoms with Gasteiger partial charge in [-0.15, -0.1) is 0 Å². The Morgan fingerprint density at radius 1 is 1.00 bits per heavy atom. The summed E-state index contributed by atoms with van der Waals surface area (Å²) >= 11 is 0. The lowest BCUT2D eigenvalue weighted by Gasteiger charge is -2.20. The fraction of sp³-hybridized carbons (Fsp3) is 0.476. The first-order valence-corrected chi connectivity index (χ1v) is 9.61. The van der Waals surface area contributed by atoms with E-state index in [2.05, 4.69) is 35.8 Å². The van der Waals surface area contributed by atoms with Crippen LogP contribution in [0.1, 0.15) is 56.7 Å². The lowest BCUT2D eigenvalue weighted by molar-refractivity contribution is -0.207. The van der Waals surface area contributed by atoms with Crippen molar-refractivity contribution in [3.05, 3.63) is 41.1 Å². The molecule has 0 aliphatic rings. The van der Waals surface area contributed by atoms with Crippen LogP contribution < -0.4 is 9.47 Å². The summed E-state index contributed by atoms with van der Waals surface area (Å²) in [6.45, 7) is 8.05. The van der Waals surface area contributed by atoms with Gasteiger partial charge in [-0.2, -0.15) is 28.2 Å². The number of nitrogens with zero attached hydrogens (tertiary/aromatic N) is 4. The minimum Gasteiger partial charge on any atom is -0.480 e. The fourth-order valence-electron chi connectivity index (χ4n) is 3.27. The van der Waals surface area contributed by atoms with Gasteiger partial charge in [-0.1, -0.05) is 45.0 Å². The molecule has 0 saturated carbocycles. The zero-order valence-electron chi connectivity index (χ0n) is 18.2. The van der Waals surface area contributed by atoms with Gasteiger partial charge in [0, 0.05) is 0 Å². The number of aliphatic hydroxyl groups is 1. The molecule has 2 heterocycles. The van der Waals surface area contributed by atoms with Gasteiger partial charge < -0.3 is 14.6 Å². The highest BCUT2D eigenvalue weighted by Crippen LogP contribution is 2.40. The molecule has 1 N–H and O–H groups in total. The number of ether oxygens (including phenoxy) is 2. The number of benzene rings is 1. The van der Waals surface area contributed by atoms with Crippen molar-refractivity contribution in [3.63, 3.8) is 0 Å². The second kappa shape index (κ2) is 7.99. The Balaban J connectivity index is 2.21. The summed E-state index contributed by atoms with van der Waals surface area (Å²) in [6.07, 6.45) is -7.74. The standard InChI is InChI=1S/C21H25F3N4O3/c1-11(12-7-9-13(10-8-12)20(2,3)4)28-17-14(15(27-28)16(29)21(22,23)24)18(30-5)26-19(25-17)31-6/h7-11,16,29H,1-6H3. The van der Waals surface area contributed by atoms with E-state index in [1.165, 1.54) is 18.9 Å². The van der Waals surface area contributed by atoms with Crippen LogP contribution in [-0.4, -0.2) is 45.3 Å². The normalized spacial score (nSPS) is 14.5. The number of hydrogen-bond acceptors (Lipinski definition) is 6. The highest BCUT2D eigenvalue weighted by atomic mass is 19.4. The second-order valence-corrected chi connectivity index (χ2v) is 8.24. The van der Waals surface area contributed by atoms with Crippen LogP contribution in [0.5, 0.6) is 11.9 Å². The predicted molar refractivity (Wildman–Crippen MR) is 108 cm³/mol. The monoisotopic (exact) mass is 438 g/mol. The summed E-state index contributed by atoms with van der Waals surface area (Å²) < 4.78 is 51.5. The van der Waals surface area contributed by atoms with Gasteiger partial charge in [0.25, 0.3) is 0 Å². The summed E-state index contributed by atoms with van der Waals surface area (Å²) in [5.74, 6) is -0.165. The molecule has 168 valence electrons. The quantitative estimate of drug-likeness (QED) is 0.638. The fourth-order valence-corrected chi connectivity index (χ4v) is 3.27. The van der Waals surface area contributed by atoms with Crippen LogP contribution in [0.15, 0.2) is 24.3 Å². The van der Waals surface area contributed by atoms with Crippen molar-refractivity contribution in [2.45, 2.75) is 51.4 Å². The third-order valence-corrected chi connectivity index (χ3v) is 5.10. The minimum absolute atomic E-state index is 0.0435. The van der Waals surface area contributed by atoms with Gasteiger partial charge in [-0.3, -0.25) is 0 Å². The van der Waals surface area contributed by atoms with Gasteiger partial charge in [-0.25, -0.2) is 4.68 Å². The maximum absolute atomic E-state index is 13.3. The molecular weight excluding hydrogens is 413 g/mol. The summed E-state index contributed by atoms with van der Waals surface area (Å²) in [5.41, 5.74) is 1.32. The number of halogens is 3. The molecule has 2 unspecified atom stereocenters. The van der Waals surface area contributed by atoms with Crippen molar-refractivity contribution in [3.8, 4) is 11.9 Å². The van der Waals surface area contributed by atoms with E-state index in [0.29, 0.717) is 0 Å². The van der Waals surface area contributed by atoms with E-state index in [4.69, 9.17) is 9.47 Å². The van der Waals surface area contributed by atoms with Crippen LogP contribution in [0.25, 0.3) is 11.0 Å². The molecule has 0 aliphatic carbocycles. The van der Waals surface area contributed by atoms with E-state index >= 15 is 0 Å². The first-order chi connectivity index (χ1) is 14.4. The number of fused-ring (bicyclic) bond motifs is 1. The van der Waals surface area contributed by atoms with Crippen LogP contribution >= 0.6 is 0 Å². The smallest absolute Gasteiger partial charge is 0.420 e. The molecule has 0 bridgehead atoms. The Morgan fingerprint density at radius 3 is 2.10 bits per heavy atom. The van der Waals surface area contributed by atoms with Crippen LogP contribution in [0.3, 0.4) is 0 Å². The molecule has 2 atom stereocenters. The molecule has 0 fully saturated rings.